The Balaban J connectivity index is 1.99. The summed E-state index contributed by atoms with van der Waals surface area (Å²) < 4.78 is 0. The summed E-state index contributed by atoms with van der Waals surface area (Å²) in [5.41, 5.74) is 13.7. The first-order valence-electron chi connectivity index (χ1n) is 9.13. The largest absolute Gasteiger partial charge is 0.365 e. The molecule has 0 radical (unpaired) electrons. The molecule has 1 heterocycles. The van der Waals surface area contributed by atoms with Crippen molar-refractivity contribution >= 4 is 34.1 Å². The lowest BCUT2D eigenvalue weighted by Gasteiger charge is -2.14. The summed E-state index contributed by atoms with van der Waals surface area (Å²) in [6.07, 6.45) is 3.13. The van der Waals surface area contributed by atoms with Gasteiger partial charge in [0.1, 0.15) is 0 Å². The van der Waals surface area contributed by atoms with Gasteiger partial charge in [0, 0.05) is 29.4 Å². The maximum atomic E-state index is 12.5. The van der Waals surface area contributed by atoms with E-state index in [1.165, 1.54) is 6.20 Å². The lowest BCUT2D eigenvalue weighted by Crippen LogP contribution is -2.24. The Labute approximate surface area is 163 Å². The molecule has 0 aliphatic rings. The topological polar surface area (TPSA) is 123 Å². The molecule has 2 aromatic carbocycles. The van der Waals surface area contributed by atoms with E-state index in [2.05, 4.69) is 15.6 Å². The van der Waals surface area contributed by atoms with Crippen molar-refractivity contribution in [3.05, 3.63) is 65.9 Å². The first kappa shape index (κ1) is 19.3. The van der Waals surface area contributed by atoms with Crippen LogP contribution in [0.1, 0.15) is 33.6 Å². The number of anilines is 2. The molecule has 3 rings (SSSR count). The van der Waals surface area contributed by atoms with Crippen LogP contribution in [0.15, 0.2) is 54.7 Å². The molecule has 3 aromatic rings. The van der Waals surface area contributed by atoms with Crippen LogP contribution in [0.5, 0.6) is 0 Å². The van der Waals surface area contributed by atoms with Crippen LogP contribution in [0.25, 0.3) is 10.9 Å². The summed E-state index contributed by atoms with van der Waals surface area (Å²) in [6.45, 7) is 1.16. The van der Waals surface area contributed by atoms with Gasteiger partial charge in [-0.2, -0.15) is 0 Å². The number of benzene rings is 2. The molecule has 0 spiro atoms. The summed E-state index contributed by atoms with van der Waals surface area (Å²) in [5, 5.41) is 6.76. The van der Waals surface area contributed by atoms with Gasteiger partial charge in [-0.15, -0.1) is 0 Å². The molecule has 28 heavy (non-hydrogen) atoms. The Morgan fingerprint density at radius 1 is 1.04 bits per heavy atom. The average molecular weight is 377 g/mol. The minimum Gasteiger partial charge on any atom is -0.365 e. The van der Waals surface area contributed by atoms with Gasteiger partial charge >= 0.3 is 0 Å². The number of aromatic nitrogens is 1. The van der Waals surface area contributed by atoms with Crippen molar-refractivity contribution in [3.63, 3.8) is 0 Å². The van der Waals surface area contributed by atoms with E-state index in [4.69, 9.17) is 11.5 Å². The minimum absolute atomic E-state index is 0.186. The number of rotatable bonds is 8. The highest BCUT2D eigenvalue weighted by atomic mass is 16.2. The first-order valence-corrected chi connectivity index (χ1v) is 9.13. The molecule has 0 bridgehead atoms. The quantitative estimate of drug-likeness (QED) is 0.449. The number of nitrogens with one attached hydrogen (secondary N) is 2. The van der Waals surface area contributed by atoms with E-state index >= 15 is 0 Å². The predicted molar refractivity (Wildman–Crippen MR) is 111 cm³/mol. The normalized spacial score (nSPS) is 10.6. The van der Waals surface area contributed by atoms with Crippen molar-refractivity contribution in [2.45, 2.75) is 12.8 Å². The van der Waals surface area contributed by atoms with Crippen LogP contribution in [0, 0.1) is 0 Å². The van der Waals surface area contributed by atoms with Crippen LogP contribution in [-0.2, 0) is 0 Å². The van der Waals surface area contributed by atoms with Gasteiger partial charge in [-0.25, -0.2) is 0 Å². The number of unbranched alkanes of at least 4 members (excludes halogenated alkanes) is 1. The number of hydrogen-bond donors (Lipinski definition) is 4. The second-order valence-corrected chi connectivity index (χ2v) is 6.39. The number of pyridine rings is 1. The van der Waals surface area contributed by atoms with Crippen molar-refractivity contribution in [2.75, 3.05) is 18.4 Å². The van der Waals surface area contributed by atoms with E-state index < -0.39 is 5.91 Å². The van der Waals surface area contributed by atoms with Gasteiger partial charge in [0.15, 0.2) is 0 Å². The fourth-order valence-corrected chi connectivity index (χ4v) is 2.89. The van der Waals surface area contributed by atoms with Gasteiger partial charge < -0.3 is 22.1 Å². The van der Waals surface area contributed by atoms with Crippen LogP contribution < -0.4 is 22.1 Å². The SMILES string of the molecule is NCCCCNC(=O)c1ccc2ncc(C(N)=O)c(Nc3ccccc3)c2c1. The second kappa shape index (κ2) is 8.96. The molecule has 6 N–H and O–H groups in total. The number of nitrogens with zero attached hydrogens (tertiary/aromatic N) is 1. The second-order valence-electron chi connectivity index (χ2n) is 6.39. The number of carbonyl (C=O) groups is 2. The third-order valence-electron chi connectivity index (χ3n) is 4.36. The molecular formula is C21H23N5O2. The molecule has 0 saturated heterocycles. The third kappa shape index (κ3) is 4.44. The highest BCUT2D eigenvalue weighted by molar-refractivity contribution is 6.09. The molecule has 0 unspecified atom stereocenters. The summed E-state index contributed by atoms with van der Waals surface area (Å²) in [7, 11) is 0. The summed E-state index contributed by atoms with van der Waals surface area (Å²) >= 11 is 0. The predicted octanol–water partition coefficient (Wildman–Crippen LogP) is 2.55. The van der Waals surface area contributed by atoms with Crippen LogP contribution in [0.4, 0.5) is 11.4 Å². The van der Waals surface area contributed by atoms with Crippen LogP contribution in [-0.4, -0.2) is 29.9 Å². The van der Waals surface area contributed by atoms with Crippen molar-refractivity contribution in [2.24, 2.45) is 11.5 Å². The van der Waals surface area contributed by atoms with E-state index in [-0.39, 0.29) is 11.5 Å². The van der Waals surface area contributed by atoms with Gasteiger partial charge in [0.05, 0.1) is 16.8 Å². The number of amides is 2. The molecule has 1 aromatic heterocycles. The smallest absolute Gasteiger partial charge is 0.252 e. The van der Waals surface area contributed by atoms with Gasteiger partial charge in [0.2, 0.25) is 0 Å². The van der Waals surface area contributed by atoms with Crippen molar-refractivity contribution < 1.29 is 9.59 Å². The number of nitrogens with two attached hydrogens (primary N) is 2. The zero-order valence-corrected chi connectivity index (χ0v) is 15.4. The van der Waals surface area contributed by atoms with Gasteiger partial charge in [0.25, 0.3) is 11.8 Å². The molecule has 7 nitrogen and oxygen atoms in total. The third-order valence-corrected chi connectivity index (χ3v) is 4.36. The van der Waals surface area contributed by atoms with Crippen LogP contribution in [0.2, 0.25) is 0 Å². The minimum atomic E-state index is -0.593. The van der Waals surface area contributed by atoms with E-state index in [9.17, 15) is 9.59 Å². The number of primary amides is 1. The first-order chi connectivity index (χ1) is 13.6. The molecule has 0 aliphatic heterocycles. The maximum absolute atomic E-state index is 12.5. The molecule has 0 atom stereocenters. The summed E-state index contributed by atoms with van der Waals surface area (Å²) in [4.78, 5) is 28.7. The average Bonchev–Trinajstić information content (AvgIpc) is 2.71. The lowest BCUT2D eigenvalue weighted by atomic mass is 10.0. The summed E-state index contributed by atoms with van der Waals surface area (Å²) in [6, 6.07) is 14.6. The molecule has 2 amide bonds. The Kier molecular flexibility index (Phi) is 6.18. The highest BCUT2D eigenvalue weighted by Crippen LogP contribution is 2.29. The Bertz CT molecular complexity index is 989. The zero-order chi connectivity index (χ0) is 19.9. The fourth-order valence-electron chi connectivity index (χ4n) is 2.89. The fraction of sp³-hybridized carbons (Fsp3) is 0.190. The van der Waals surface area contributed by atoms with Crippen LogP contribution in [0.3, 0.4) is 0 Å². The Hall–Kier alpha value is -3.45. The monoisotopic (exact) mass is 377 g/mol. The Morgan fingerprint density at radius 2 is 1.82 bits per heavy atom. The molecule has 7 heteroatoms. The van der Waals surface area contributed by atoms with Crippen molar-refractivity contribution in [1.82, 2.24) is 10.3 Å². The van der Waals surface area contributed by atoms with E-state index in [1.807, 2.05) is 30.3 Å². The molecular weight excluding hydrogens is 354 g/mol. The number of hydrogen-bond acceptors (Lipinski definition) is 5. The van der Waals surface area contributed by atoms with Crippen molar-refractivity contribution in [1.29, 1.82) is 0 Å². The molecule has 0 fully saturated rings. The van der Waals surface area contributed by atoms with Gasteiger partial charge in [-0.1, -0.05) is 18.2 Å². The zero-order valence-electron chi connectivity index (χ0n) is 15.4. The molecule has 0 aliphatic carbocycles. The molecule has 144 valence electrons. The maximum Gasteiger partial charge on any atom is 0.252 e. The van der Waals surface area contributed by atoms with Crippen LogP contribution >= 0.6 is 0 Å². The van der Waals surface area contributed by atoms with Gasteiger partial charge in [-0.3, -0.25) is 14.6 Å². The Morgan fingerprint density at radius 3 is 2.54 bits per heavy atom. The summed E-state index contributed by atoms with van der Waals surface area (Å²) in [5.74, 6) is -0.779. The number of fused-ring (bicyclic) bond motifs is 1. The number of carbonyl (C=O) groups excluding carboxylic acids is 2. The molecule has 0 saturated carbocycles. The number of para-hydroxylation sites is 1. The van der Waals surface area contributed by atoms with Crippen molar-refractivity contribution in [3.8, 4) is 0 Å². The van der Waals surface area contributed by atoms with Gasteiger partial charge in [-0.05, 0) is 49.7 Å². The van der Waals surface area contributed by atoms with E-state index in [0.29, 0.717) is 35.2 Å². The lowest BCUT2D eigenvalue weighted by molar-refractivity contribution is 0.0952. The van der Waals surface area contributed by atoms with E-state index in [0.717, 1.165) is 18.5 Å². The van der Waals surface area contributed by atoms with E-state index in [1.54, 1.807) is 18.2 Å². The standard InChI is InChI=1S/C21H23N5O2/c22-10-4-5-11-24-21(28)14-8-9-18-16(12-14)19(17(13-25-18)20(23)27)26-15-6-2-1-3-7-15/h1-3,6-9,12-13H,4-5,10-11,22H2,(H2,23,27)(H,24,28)(H,25,26). The highest BCUT2D eigenvalue weighted by Gasteiger charge is 2.15.